The van der Waals surface area contributed by atoms with Gasteiger partial charge in [0.2, 0.25) is 0 Å². The summed E-state index contributed by atoms with van der Waals surface area (Å²) in [6, 6.07) is 1.28. The summed E-state index contributed by atoms with van der Waals surface area (Å²) in [4.78, 5) is 21.6. The maximum atomic E-state index is 13.9. The fourth-order valence-corrected chi connectivity index (χ4v) is 2.20. The third-order valence-corrected chi connectivity index (χ3v) is 3.07. The SMILES string of the molecule is O=C(O)CC1CN(c2c(F)cc([N+](=O)[O-])cc2F)CCO1. The van der Waals surface area contributed by atoms with Gasteiger partial charge in [-0.3, -0.25) is 14.9 Å². The Morgan fingerprint density at radius 1 is 1.48 bits per heavy atom. The summed E-state index contributed by atoms with van der Waals surface area (Å²) >= 11 is 0. The Hall–Kier alpha value is -2.29. The first kappa shape index (κ1) is 15.1. The van der Waals surface area contributed by atoms with Crippen LogP contribution in [0, 0.1) is 21.7 Å². The molecule has 1 heterocycles. The molecule has 0 amide bonds. The van der Waals surface area contributed by atoms with Crippen LogP contribution in [-0.2, 0) is 9.53 Å². The van der Waals surface area contributed by atoms with Crippen molar-refractivity contribution in [3.8, 4) is 0 Å². The average Bonchev–Trinajstić information content (AvgIpc) is 2.37. The van der Waals surface area contributed by atoms with E-state index in [1.165, 1.54) is 4.90 Å². The van der Waals surface area contributed by atoms with Crippen LogP contribution in [0.5, 0.6) is 0 Å². The van der Waals surface area contributed by atoms with Crippen molar-refractivity contribution in [2.75, 3.05) is 24.6 Å². The molecule has 0 spiro atoms. The fraction of sp³-hybridized carbons (Fsp3) is 0.417. The molecule has 1 unspecified atom stereocenters. The number of hydrogen-bond acceptors (Lipinski definition) is 5. The van der Waals surface area contributed by atoms with Crippen molar-refractivity contribution in [3.63, 3.8) is 0 Å². The number of nitro groups is 1. The summed E-state index contributed by atoms with van der Waals surface area (Å²) in [6.45, 7) is 0.285. The van der Waals surface area contributed by atoms with Gasteiger partial charge in [0.1, 0.15) is 5.69 Å². The Bertz CT molecular complexity index is 558. The molecule has 1 fully saturated rings. The number of non-ortho nitro benzene ring substituents is 1. The van der Waals surface area contributed by atoms with Crippen LogP contribution >= 0.6 is 0 Å². The average molecular weight is 302 g/mol. The minimum absolute atomic E-state index is 0.00203. The first-order chi connectivity index (χ1) is 9.88. The van der Waals surface area contributed by atoms with Crippen LogP contribution in [-0.4, -0.2) is 41.8 Å². The molecule has 1 aromatic rings. The molecule has 1 aliphatic rings. The standard InChI is InChI=1S/C12H12F2N2O5/c13-9-3-7(16(19)20)4-10(14)12(9)15-1-2-21-8(6-15)5-11(17)18/h3-4,8H,1-2,5-6H2,(H,17,18). The van der Waals surface area contributed by atoms with Gasteiger partial charge in [0.05, 0.1) is 36.2 Å². The summed E-state index contributed by atoms with van der Waals surface area (Å²) in [7, 11) is 0. The first-order valence-corrected chi connectivity index (χ1v) is 6.10. The first-order valence-electron chi connectivity index (χ1n) is 6.10. The van der Waals surface area contributed by atoms with Gasteiger partial charge < -0.3 is 14.7 Å². The Labute approximate surface area is 117 Å². The number of rotatable bonds is 4. The maximum Gasteiger partial charge on any atom is 0.306 e. The highest BCUT2D eigenvalue weighted by atomic mass is 19.1. The van der Waals surface area contributed by atoms with Gasteiger partial charge in [0.25, 0.3) is 5.69 Å². The van der Waals surface area contributed by atoms with Crippen LogP contribution in [0.3, 0.4) is 0 Å². The van der Waals surface area contributed by atoms with Crippen molar-refractivity contribution in [3.05, 3.63) is 33.9 Å². The van der Waals surface area contributed by atoms with Crippen molar-refractivity contribution in [1.82, 2.24) is 0 Å². The predicted molar refractivity (Wildman–Crippen MR) is 67.2 cm³/mol. The molecule has 7 nitrogen and oxygen atoms in total. The summed E-state index contributed by atoms with van der Waals surface area (Å²) in [6.07, 6.45) is -0.975. The van der Waals surface area contributed by atoms with Gasteiger partial charge in [-0.05, 0) is 0 Å². The molecular weight excluding hydrogens is 290 g/mol. The van der Waals surface area contributed by atoms with Gasteiger partial charge in [0.15, 0.2) is 11.6 Å². The second-order valence-corrected chi connectivity index (χ2v) is 4.55. The molecule has 1 N–H and O–H groups in total. The number of halogens is 2. The highest BCUT2D eigenvalue weighted by Crippen LogP contribution is 2.29. The fourth-order valence-electron chi connectivity index (χ4n) is 2.20. The molecule has 0 bridgehead atoms. The smallest absolute Gasteiger partial charge is 0.306 e. The Balaban J connectivity index is 2.25. The summed E-state index contributed by atoms with van der Waals surface area (Å²) in [5.41, 5.74) is -1.08. The summed E-state index contributed by atoms with van der Waals surface area (Å²) < 4.78 is 33.0. The van der Waals surface area contributed by atoms with E-state index in [4.69, 9.17) is 9.84 Å². The van der Waals surface area contributed by atoms with Gasteiger partial charge in [-0.1, -0.05) is 0 Å². The van der Waals surface area contributed by atoms with Crippen LogP contribution < -0.4 is 4.90 Å². The molecule has 114 valence electrons. The lowest BCUT2D eigenvalue weighted by molar-refractivity contribution is -0.385. The molecule has 1 aromatic carbocycles. The third kappa shape index (κ3) is 3.43. The zero-order valence-corrected chi connectivity index (χ0v) is 10.8. The minimum Gasteiger partial charge on any atom is -0.481 e. The van der Waals surface area contributed by atoms with E-state index in [2.05, 4.69) is 0 Å². The van der Waals surface area contributed by atoms with E-state index in [1.807, 2.05) is 0 Å². The minimum atomic E-state index is -1.08. The molecule has 0 aromatic heterocycles. The zero-order valence-electron chi connectivity index (χ0n) is 10.8. The number of aliphatic carboxylic acids is 1. The summed E-state index contributed by atoms with van der Waals surface area (Å²) in [5, 5.41) is 19.2. The van der Waals surface area contributed by atoms with E-state index in [-0.39, 0.29) is 26.1 Å². The van der Waals surface area contributed by atoms with Crippen molar-refractivity contribution in [1.29, 1.82) is 0 Å². The maximum absolute atomic E-state index is 13.9. The number of carboxylic acid groups (broad SMARTS) is 1. The van der Waals surface area contributed by atoms with Crippen molar-refractivity contribution in [2.24, 2.45) is 0 Å². The topological polar surface area (TPSA) is 92.9 Å². The van der Waals surface area contributed by atoms with Gasteiger partial charge >= 0.3 is 5.97 Å². The van der Waals surface area contributed by atoms with Gasteiger partial charge in [0, 0.05) is 13.1 Å². The molecule has 0 radical (unpaired) electrons. The largest absolute Gasteiger partial charge is 0.481 e. The Morgan fingerprint density at radius 2 is 2.10 bits per heavy atom. The molecule has 1 aliphatic heterocycles. The van der Waals surface area contributed by atoms with Crippen LogP contribution in [0.25, 0.3) is 0 Å². The molecule has 1 atom stereocenters. The highest BCUT2D eigenvalue weighted by Gasteiger charge is 2.28. The van der Waals surface area contributed by atoms with Crippen LogP contribution in [0.15, 0.2) is 12.1 Å². The lowest BCUT2D eigenvalue weighted by Gasteiger charge is -2.34. The van der Waals surface area contributed by atoms with Crippen LogP contribution in [0.2, 0.25) is 0 Å². The van der Waals surface area contributed by atoms with Crippen molar-refractivity contribution in [2.45, 2.75) is 12.5 Å². The normalized spacial score (nSPS) is 18.6. The zero-order chi connectivity index (χ0) is 15.6. The van der Waals surface area contributed by atoms with Crippen molar-refractivity contribution < 1.29 is 28.3 Å². The number of benzene rings is 1. The number of ether oxygens (including phenoxy) is 1. The number of nitrogens with zero attached hydrogens (tertiary/aromatic N) is 2. The number of carboxylic acids is 1. The van der Waals surface area contributed by atoms with Gasteiger partial charge in [-0.2, -0.15) is 0 Å². The highest BCUT2D eigenvalue weighted by molar-refractivity contribution is 5.67. The van der Waals surface area contributed by atoms with E-state index in [1.54, 1.807) is 0 Å². The molecular formula is C12H12F2N2O5. The number of hydrogen-bond donors (Lipinski definition) is 1. The van der Waals surface area contributed by atoms with E-state index >= 15 is 0 Å². The number of anilines is 1. The van der Waals surface area contributed by atoms with Gasteiger partial charge in [-0.15, -0.1) is 0 Å². The number of nitro benzene ring substituents is 1. The monoisotopic (exact) mass is 302 g/mol. The molecule has 9 heteroatoms. The van der Waals surface area contributed by atoms with E-state index in [0.29, 0.717) is 12.1 Å². The second kappa shape index (κ2) is 6.00. The molecule has 2 rings (SSSR count). The predicted octanol–water partition coefficient (Wildman–Crippen LogP) is 1.55. The molecule has 0 saturated carbocycles. The van der Waals surface area contributed by atoms with Crippen molar-refractivity contribution >= 4 is 17.3 Å². The van der Waals surface area contributed by atoms with Crippen LogP contribution in [0.4, 0.5) is 20.2 Å². The Morgan fingerprint density at radius 3 is 2.62 bits per heavy atom. The third-order valence-electron chi connectivity index (χ3n) is 3.07. The number of carbonyl (C=O) groups is 1. The lowest BCUT2D eigenvalue weighted by atomic mass is 10.1. The molecule has 21 heavy (non-hydrogen) atoms. The van der Waals surface area contributed by atoms with E-state index < -0.39 is 40.0 Å². The van der Waals surface area contributed by atoms with Gasteiger partial charge in [-0.25, -0.2) is 8.78 Å². The molecule has 1 saturated heterocycles. The second-order valence-electron chi connectivity index (χ2n) is 4.55. The van der Waals surface area contributed by atoms with E-state index in [9.17, 15) is 23.7 Å². The van der Waals surface area contributed by atoms with Crippen LogP contribution in [0.1, 0.15) is 6.42 Å². The summed E-state index contributed by atoms with van der Waals surface area (Å²) in [5.74, 6) is -3.19. The lowest BCUT2D eigenvalue weighted by Crippen LogP contribution is -2.44. The van der Waals surface area contributed by atoms with E-state index in [0.717, 1.165) is 0 Å². The quantitative estimate of drug-likeness (QED) is 0.670. The number of morpholine rings is 1. The molecule has 0 aliphatic carbocycles. The Kier molecular flexibility index (Phi) is 4.32.